The van der Waals surface area contributed by atoms with Gasteiger partial charge in [0.1, 0.15) is 5.75 Å². The number of carbonyl (C=O) groups is 2. The molecule has 1 aromatic carbocycles. The molecule has 2 rings (SSSR count). The molecule has 5 heteroatoms. The first-order valence-corrected chi connectivity index (χ1v) is 6.68. The number of likely N-dealkylation sites (tertiary alicyclic amines) is 1. The van der Waals surface area contributed by atoms with Crippen molar-refractivity contribution in [2.45, 2.75) is 31.5 Å². The molecule has 1 heterocycles. The monoisotopic (exact) mass is 277 g/mol. The highest BCUT2D eigenvalue weighted by molar-refractivity contribution is 6.27. The Morgan fingerprint density at radius 3 is 2.70 bits per heavy atom. The number of piperidine rings is 1. The maximum Gasteiger partial charge on any atom is 0.212 e. The highest BCUT2D eigenvalue weighted by atomic mass is 16.5. The number of methoxy groups -OCH3 is 1. The van der Waals surface area contributed by atoms with E-state index in [1.54, 1.807) is 7.11 Å². The average molecular weight is 277 g/mol. The molecule has 1 aliphatic rings. The SMILES string of the molecule is COc1ccc(CN2CC(O)CCC2C(=O)C=O)cc1. The summed E-state index contributed by atoms with van der Waals surface area (Å²) >= 11 is 0. The number of carbonyl (C=O) groups excluding carboxylic acids is 2. The van der Waals surface area contributed by atoms with Crippen molar-refractivity contribution >= 4 is 12.1 Å². The van der Waals surface area contributed by atoms with Crippen LogP contribution in [0.15, 0.2) is 24.3 Å². The van der Waals surface area contributed by atoms with E-state index in [-0.39, 0.29) is 0 Å². The number of benzene rings is 1. The molecule has 108 valence electrons. The minimum Gasteiger partial charge on any atom is -0.497 e. The molecule has 2 atom stereocenters. The van der Waals surface area contributed by atoms with Crippen molar-refractivity contribution < 1.29 is 19.4 Å². The van der Waals surface area contributed by atoms with Gasteiger partial charge < -0.3 is 9.84 Å². The van der Waals surface area contributed by atoms with E-state index >= 15 is 0 Å². The molecular weight excluding hydrogens is 258 g/mol. The number of aldehydes is 1. The number of β-amino-alcohol motifs (C(OH)–C–C–N with tert-alkyl or cyclic N) is 1. The maximum absolute atomic E-state index is 11.7. The molecule has 1 fully saturated rings. The van der Waals surface area contributed by atoms with E-state index < -0.39 is 17.9 Å². The zero-order chi connectivity index (χ0) is 14.5. The summed E-state index contributed by atoms with van der Waals surface area (Å²) < 4.78 is 5.10. The lowest BCUT2D eigenvalue weighted by molar-refractivity contribution is -0.135. The smallest absolute Gasteiger partial charge is 0.212 e. The summed E-state index contributed by atoms with van der Waals surface area (Å²) in [6.45, 7) is 0.946. The van der Waals surface area contributed by atoms with Crippen molar-refractivity contribution in [2.24, 2.45) is 0 Å². The summed E-state index contributed by atoms with van der Waals surface area (Å²) in [5, 5.41) is 9.75. The molecule has 20 heavy (non-hydrogen) atoms. The number of nitrogens with zero attached hydrogens (tertiary/aromatic N) is 1. The quantitative estimate of drug-likeness (QED) is 0.636. The van der Waals surface area contributed by atoms with Gasteiger partial charge in [0, 0.05) is 13.1 Å². The zero-order valence-electron chi connectivity index (χ0n) is 11.5. The number of aliphatic hydroxyl groups is 1. The van der Waals surface area contributed by atoms with Gasteiger partial charge in [-0.15, -0.1) is 0 Å². The fourth-order valence-corrected chi connectivity index (χ4v) is 2.56. The predicted molar refractivity (Wildman–Crippen MR) is 73.5 cm³/mol. The van der Waals surface area contributed by atoms with Crippen LogP contribution in [0.25, 0.3) is 0 Å². The zero-order valence-corrected chi connectivity index (χ0v) is 11.5. The molecule has 5 nitrogen and oxygen atoms in total. The van der Waals surface area contributed by atoms with E-state index in [1.165, 1.54) is 0 Å². The van der Waals surface area contributed by atoms with Crippen LogP contribution in [0.5, 0.6) is 5.75 Å². The van der Waals surface area contributed by atoms with Crippen LogP contribution < -0.4 is 4.74 Å². The van der Waals surface area contributed by atoms with Crippen molar-refractivity contribution in [3.05, 3.63) is 29.8 Å². The van der Waals surface area contributed by atoms with Gasteiger partial charge in [0.2, 0.25) is 5.78 Å². The minimum absolute atomic E-state index is 0.378. The third-order valence-electron chi connectivity index (χ3n) is 3.65. The van der Waals surface area contributed by atoms with Gasteiger partial charge >= 0.3 is 0 Å². The molecule has 1 aliphatic heterocycles. The standard InChI is InChI=1S/C15H19NO4/c1-20-13-5-2-11(3-6-13)8-16-9-12(18)4-7-14(16)15(19)10-17/h2-3,5-6,10,12,14,18H,4,7-9H2,1H3. The minimum atomic E-state index is -0.441. The van der Waals surface area contributed by atoms with Crippen LogP contribution in [-0.2, 0) is 16.1 Å². The molecule has 1 saturated heterocycles. The van der Waals surface area contributed by atoms with Gasteiger partial charge in [-0.1, -0.05) is 12.1 Å². The molecule has 0 spiro atoms. The second-order valence-electron chi connectivity index (χ2n) is 5.04. The molecule has 0 aromatic heterocycles. The number of hydrogen-bond acceptors (Lipinski definition) is 5. The number of ether oxygens (including phenoxy) is 1. The molecule has 1 N–H and O–H groups in total. The first-order valence-electron chi connectivity index (χ1n) is 6.68. The number of aliphatic hydroxyl groups excluding tert-OH is 1. The number of ketones is 1. The number of hydrogen-bond donors (Lipinski definition) is 1. The highest BCUT2D eigenvalue weighted by Gasteiger charge is 2.31. The lowest BCUT2D eigenvalue weighted by atomic mass is 9.96. The fraction of sp³-hybridized carbons (Fsp3) is 0.467. The Bertz CT molecular complexity index is 471. The second kappa shape index (κ2) is 6.63. The topological polar surface area (TPSA) is 66.8 Å². The Morgan fingerprint density at radius 2 is 2.10 bits per heavy atom. The van der Waals surface area contributed by atoms with E-state index in [0.717, 1.165) is 11.3 Å². The van der Waals surface area contributed by atoms with Crippen LogP contribution in [0.2, 0.25) is 0 Å². The summed E-state index contributed by atoms with van der Waals surface area (Å²) in [5.41, 5.74) is 1.02. The third kappa shape index (κ3) is 3.43. The van der Waals surface area contributed by atoms with Crippen LogP contribution in [0, 0.1) is 0 Å². The largest absolute Gasteiger partial charge is 0.497 e. The van der Waals surface area contributed by atoms with Gasteiger partial charge in [0.05, 0.1) is 19.3 Å². The van der Waals surface area contributed by atoms with E-state index in [4.69, 9.17) is 4.74 Å². The van der Waals surface area contributed by atoms with Crippen molar-refractivity contribution in [2.75, 3.05) is 13.7 Å². The van der Waals surface area contributed by atoms with E-state index in [0.29, 0.717) is 32.2 Å². The molecule has 0 aliphatic carbocycles. The Hall–Kier alpha value is -1.72. The molecule has 1 aromatic rings. The molecule has 0 bridgehead atoms. The summed E-state index contributed by atoms with van der Waals surface area (Å²) in [5.74, 6) is 0.360. The van der Waals surface area contributed by atoms with Crippen molar-refractivity contribution in [1.29, 1.82) is 0 Å². The Morgan fingerprint density at radius 1 is 1.40 bits per heavy atom. The molecule has 0 radical (unpaired) electrons. The number of rotatable bonds is 5. The Labute approximate surface area is 118 Å². The lowest BCUT2D eigenvalue weighted by Crippen LogP contribution is -2.49. The van der Waals surface area contributed by atoms with Crippen molar-refractivity contribution in [3.8, 4) is 5.75 Å². The van der Waals surface area contributed by atoms with Gasteiger partial charge in [-0.3, -0.25) is 14.5 Å². The summed E-state index contributed by atoms with van der Waals surface area (Å²) in [4.78, 5) is 24.2. The van der Waals surface area contributed by atoms with Crippen LogP contribution in [-0.4, -0.2) is 47.9 Å². The Kier molecular flexibility index (Phi) is 4.87. The van der Waals surface area contributed by atoms with Crippen LogP contribution in [0.1, 0.15) is 18.4 Å². The maximum atomic E-state index is 11.7. The summed E-state index contributed by atoms with van der Waals surface area (Å²) in [6, 6.07) is 7.13. The summed E-state index contributed by atoms with van der Waals surface area (Å²) in [6.07, 6.45) is 1.02. The van der Waals surface area contributed by atoms with Crippen LogP contribution >= 0.6 is 0 Å². The van der Waals surface area contributed by atoms with Crippen molar-refractivity contribution in [1.82, 2.24) is 4.90 Å². The summed E-state index contributed by atoms with van der Waals surface area (Å²) in [7, 11) is 1.61. The molecule has 0 saturated carbocycles. The first-order chi connectivity index (χ1) is 9.63. The second-order valence-corrected chi connectivity index (χ2v) is 5.04. The van der Waals surface area contributed by atoms with E-state index in [9.17, 15) is 14.7 Å². The van der Waals surface area contributed by atoms with Gasteiger partial charge in [0.15, 0.2) is 6.29 Å². The first kappa shape index (κ1) is 14.7. The van der Waals surface area contributed by atoms with Gasteiger partial charge in [-0.25, -0.2) is 0 Å². The fourth-order valence-electron chi connectivity index (χ4n) is 2.56. The van der Waals surface area contributed by atoms with Gasteiger partial charge in [-0.2, -0.15) is 0 Å². The van der Waals surface area contributed by atoms with Gasteiger partial charge in [-0.05, 0) is 30.5 Å². The van der Waals surface area contributed by atoms with E-state index in [1.807, 2.05) is 29.2 Å². The molecular formula is C15H19NO4. The number of Topliss-reactive ketones (excluding diaryl/α,β-unsaturated/α-hetero) is 1. The van der Waals surface area contributed by atoms with E-state index in [2.05, 4.69) is 0 Å². The Balaban J connectivity index is 2.09. The normalized spacial score (nSPS) is 23.3. The average Bonchev–Trinajstić information content (AvgIpc) is 2.47. The van der Waals surface area contributed by atoms with Crippen LogP contribution in [0.4, 0.5) is 0 Å². The van der Waals surface area contributed by atoms with Crippen molar-refractivity contribution in [3.63, 3.8) is 0 Å². The molecule has 0 amide bonds. The lowest BCUT2D eigenvalue weighted by Gasteiger charge is -2.36. The third-order valence-corrected chi connectivity index (χ3v) is 3.65. The van der Waals surface area contributed by atoms with Gasteiger partial charge in [0.25, 0.3) is 0 Å². The molecule has 2 unspecified atom stereocenters. The highest BCUT2D eigenvalue weighted by Crippen LogP contribution is 2.21. The van der Waals surface area contributed by atoms with Crippen LogP contribution in [0.3, 0.4) is 0 Å². The predicted octanol–water partition coefficient (Wildman–Crippen LogP) is 0.788.